The summed E-state index contributed by atoms with van der Waals surface area (Å²) in [7, 11) is 1.31. The molecule has 0 aromatic rings. The van der Waals surface area contributed by atoms with E-state index >= 15 is 0 Å². The summed E-state index contributed by atoms with van der Waals surface area (Å²) in [6, 6.07) is -0.621. The lowest BCUT2D eigenvalue weighted by Crippen LogP contribution is -2.61. The Morgan fingerprint density at radius 2 is 1.89 bits per heavy atom. The van der Waals surface area contributed by atoms with Gasteiger partial charge in [-0.25, -0.2) is 4.79 Å². The summed E-state index contributed by atoms with van der Waals surface area (Å²) in [5, 5.41) is 5.94. The van der Waals surface area contributed by atoms with Crippen LogP contribution in [0.5, 0.6) is 0 Å². The molecule has 1 amide bonds. The largest absolute Gasteiger partial charge is 0.467 e. The number of hydrogen-bond acceptors (Lipinski definition) is 5. The molecule has 1 aliphatic rings. The Balaban J connectivity index is 2.60. The normalized spacial score (nSPS) is 19.1. The van der Waals surface area contributed by atoms with Crippen LogP contribution >= 0.6 is 0 Å². The maximum atomic E-state index is 12.2. The number of amides is 1. The lowest BCUT2D eigenvalue weighted by atomic mass is 10.00. The van der Waals surface area contributed by atoms with Gasteiger partial charge in [0.25, 0.3) is 0 Å². The van der Waals surface area contributed by atoms with Crippen molar-refractivity contribution in [2.75, 3.05) is 33.3 Å². The summed E-state index contributed by atoms with van der Waals surface area (Å²) in [4.78, 5) is 25.6. The molecule has 0 bridgehead atoms. The van der Waals surface area contributed by atoms with Gasteiger partial charge in [-0.05, 0) is 20.8 Å². The fourth-order valence-corrected chi connectivity index (χ4v) is 1.98. The molecule has 0 spiro atoms. The van der Waals surface area contributed by atoms with Gasteiger partial charge >= 0.3 is 5.97 Å². The van der Waals surface area contributed by atoms with Crippen molar-refractivity contribution in [3.05, 3.63) is 0 Å². The van der Waals surface area contributed by atoms with E-state index in [0.717, 1.165) is 26.2 Å². The summed E-state index contributed by atoms with van der Waals surface area (Å²) >= 11 is 0. The molecular formula is C12H23N3O3. The quantitative estimate of drug-likeness (QED) is 0.655. The third kappa shape index (κ3) is 3.43. The Morgan fingerprint density at radius 3 is 2.39 bits per heavy atom. The number of hydrogen-bond donors (Lipinski definition) is 2. The molecule has 1 rings (SSSR count). The number of esters is 1. The van der Waals surface area contributed by atoms with Crippen molar-refractivity contribution in [2.45, 2.75) is 32.4 Å². The first-order chi connectivity index (χ1) is 8.39. The molecule has 18 heavy (non-hydrogen) atoms. The molecule has 2 N–H and O–H groups in total. The second-order valence-electron chi connectivity index (χ2n) is 5.01. The minimum atomic E-state index is -0.621. The molecular weight excluding hydrogens is 234 g/mol. The fraction of sp³-hybridized carbons (Fsp3) is 0.833. The number of carbonyl (C=O) groups is 2. The van der Waals surface area contributed by atoms with E-state index in [-0.39, 0.29) is 5.91 Å². The first-order valence-corrected chi connectivity index (χ1v) is 6.24. The molecule has 1 saturated heterocycles. The van der Waals surface area contributed by atoms with Crippen molar-refractivity contribution in [1.29, 1.82) is 0 Å². The molecule has 0 radical (unpaired) electrons. The second kappa shape index (κ2) is 6.15. The van der Waals surface area contributed by atoms with Gasteiger partial charge in [-0.3, -0.25) is 9.69 Å². The van der Waals surface area contributed by atoms with Crippen molar-refractivity contribution < 1.29 is 14.3 Å². The van der Waals surface area contributed by atoms with Crippen molar-refractivity contribution in [1.82, 2.24) is 15.5 Å². The molecule has 1 fully saturated rings. The summed E-state index contributed by atoms with van der Waals surface area (Å²) < 4.78 is 4.59. The zero-order valence-corrected chi connectivity index (χ0v) is 11.6. The Labute approximate surface area is 108 Å². The number of ether oxygens (including phenoxy) is 1. The van der Waals surface area contributed by atoms with Gasteiger partial charge in [0.15, 0.2) is 0 Å². The van der Waals surface area contributed by atoms with E-state index in [0.29, 0.717) is 0 Å². The van der Waals surface area contributed by atoms with Crippen molar-refractivity contribution in [3.63, 3.8) is 0 Å². The maximum Gasteiger partial charge on any atom is 0.328 e. The molecule has 104 valence electrons. The van der Waals surface area contributed by atoms with Crippen LogP contribution in [0.2, 0.25) is 0 Å². The highest BCUT2D eigenvalue weighted by atomic mass is 16.5. The Kier molecular flexibility index (Phi) is 5.10. The van der Waals surface area contributed by atoms with Crippen LogP contribution in [0.1, 0.15) is 20.8 Å². The minimum absolute atomic E-state index is 0.151. The average Bonchev–Trinajstić information content (AvgIpc) is 2.38. The molecule has 0 saturated carbocycles. The fourth-order valence-electron chi connectivity index (χ4n) is 1.98. The molecule has 1 aliphatic heterocycles. The summed E-state index contributed by atoms with van der Waals surface area (Å²) in [5.41, 5.74) is -0.621. The van der Waals surface area contributed by atoms with Gasteiger partial charge in [0.2, 0.25) is 5.91 Å². The van der Waals surface area contributed by atoms with Crippen molar-refractivity contribution >= 4 is 11.9 Å². The van der Waals surface area contributed by atoms with Gasteiger partial charge in [0.1, 0.15) is 6.04 Å². The van der Waals surface area contributed by atoms with Crippen LogP contribution in [0.25, 0.3) is 0 Å². The van der Waals surface area contributed by atoms with Gasteiger partial charge in [0.05, 0.1) is 12.6 Å². The van der Waals surface area contributed by atoms with Crippen LogP contribution in [0, 0.1) is 0 Å². The minimum Gasteiger partial charge on any atom is -0.467 e. The number of carbonyl (C=O) groups excluding carboxylic acids is 2. The van der Waals surface area contributed by atoms with Gasteiger partial charge in [-0.2, -0.15) is 0 Å². The Hall–Kier alpha value is -1.14. The lowest BCUT2D eigenvalue weighted by Gasteiger charge is -2.40. The van der Waals surface area contributed by atoms with Crippen LogP contribution < -0.4 is 10.6 Å². The number of nitrogens with zero attached hydrogens (tertiary/aromatic N) is 1. The topological polar surface area (TPSA) is 70.7 Å². The maximum absolute atomic E-state index is 12.2. The van der Waals surface area contributed by atoms with Gasteiger partial charge < -0.3 is 15.4 Å². The average molecular weight is 257 g/mol. The highest BCUT2D eigenvalue weighted by Gasteiger charge is 2.36. The zero-order valence-electron chi connectivity index (χ0n) is 11.6. The van der Waals surface area contributed by atoms with Gasteiger partial charge in [-0.15, -0.1) is 0 Å². The van der Waals surface area contributed by atoms with E-state index in [2.05, 4.69) is 20.3 Å². The van der Waals surface area contributed by atoms with Gasteiger partial charge in [-0.1, -0.05) is 0 Å². The molecule has 1 atom stereocenters. The SMILES string of the molecule is COC(=O)C(C)NC(=O)C(C)(C)N1CCNCC1. The lowest BCUT2D eigenvalue weighted by molar-refractivity contribution is -0.146. The molecule has 0 aliphatic carbocycles. The van der Waals surface area contributed by atoms with E-state index < -0.39 is 17.6 Å². The summed E-state index contributed by atoms with van der Waals surface area (Å²) in [6.07, 6.45) is 0. The molecule has 0 aromatic carbocycles. The number of piperazine rings is 1. The molecule has 1 heterocycles. The second-order valence-corrected chi connectivity index (χ2v) is 5.01. The molecule has 6 heteroatoms. The van der Waals surface area contributed by atoms with Crippen LogP contribution in [-0.4, -0.2) is 61.6 Å². The molecule has 6 nitrogen and oxygen atoms in total. The predicted octanol–water partition coefficient (Wildman–Crippen LogP) is -0.652. The number of rotatable bonds is 4. The number of methoxy groups -OCH3 is 1. The zero-order chi connectivity index (χ0) is 13.8. The van der Waals surface area contributed by atoms with Crippen molar-refractivity contribution in [2.24, 2.45) is 0 Å². The Morgan fingerprint density at radius 1 is 1.33 bits per heavy atom. The van der Waals surface area contributed by atoms with Crippen molar-refractivity contribution in [3.8, 4) is 0 Å². The third-order valence-corrected chi connectivity index (χ3v) is 3.37. The van der Waals surface area contributed by atoms with E-state index in [4.69, 9.17) is 0 Å². The van der Waals surface area contributed by atoms with E-state index in [1.807, 2.05) is 13.8 Å². The van der Waals surface area contributed by atoms with E-state index in [9.17, 15) is 9.59 Å². The first kappa shape index (κ1) is 14.9. The van der Waals surface area contributed by atoms with E-state index in [1.54, 1.807) is 6.92 Å². The monoisotopic (exact) mass is 257 g/mol. The Bertz CT molecular complexity index is 312. The predicted molar refractivity (Wildman–Crippen MR) is 68.1 cm³/mol. The third-order valence-electron chi connectivity index (χ3n) is 3.37. The van der Waals surface area contributed by atoms with Crippen LogP contribution in [0.3, 0.4) is 0 Å². The first-order valence-electron chi connectivity index (χ1n) is 6.24. The number of nitrogens with one attached hydrogen (secondary N) is 2. The smallest absolute Gasteiger partial charge is 0.328 e. The van der Waals surface area contributed by atoms with E-state index in [1.165, 1.54) is 7.11 Å². The molecule has 1 unspecified atom stereocenters. The van der Waals surface area contributed by atoms with Crippen LogP contribution in [0.15, 0.2) is 0 Å². The summed E-state index contributed by atoms with van der Waals surface area (Å²) in [6.45, 7) is 8.78. The standard InChI is InChI=1S/C12H23N3O3/c1-9(10(16)18-4)14-11(17)12(2,3)15-7-5-13-6-8-15/h9,13H,5-8H2,1-4H3,(H,14,17). The summed E-state index contributed by atoms with van der Waals surface area (Å²) in [5.74, 6) is -0.582. The van der Waals surface area contributed by atoms with Crippen LogP contribution in [0.4, 0.5) is 0 Å². The highest BCUT2D eigenvalue weighted by Crippen LogP contribution is 2.15. The van der Waals surface area contributed by atoms with Crippen LogP contribution in [-0.2, 0) is 14.3 Å². The highest BCUT2D eigenvalue weighted by molar-refractivity contribution is 5.89. The molecule has 0 aromatic heterocycles. The van der Waals surface area contributed by atoms with Gasteiger partial charge in [0, 0.05) is 26.2 Å².